The van der Waals surface area contributed by atoms with E-state index in [-0.39, 0.29) is 11.6 Å². The lowest BCUT2D eigenvalue weighted by Crippen LogP contribution is -2.41. The average Bonchev–Trinajstić information content (AvgIpc) is 3.11. The first kappa shape index (κ1) is 18.3. The molecule has 1 N–H and O–H groups in total. The number of hydrogen-bond acceptors (Lipinski definition) is 5. The molecule has 1 aromatic carbocycles. The van der Waals surface area contributed by atoms with Crippen LogP contribution in [0.3, 0.4) is 0 Å². The largest absolute Gasteiger partial charge is 0.497 e. The third kappa shape index (κ3) is 4.25. The number of piperidine rings is 1. The van der Waals surface area contributed by atoms with Gasteiger partial charge < -0.3 is 14.4 Å². The Kier molecular flexibility index (Phi) is 5.59. The fourth-order valence-electron chi connectivity index (χ4n) is 4.11. The maximum atomic E-state index is 12.4. The van der Waals surface area contributed by atoms with E-state index in [4.69, 9.17) is 9.47 Å². The molecule has 7 heteroatoms. The molecule has 0 aliphatic carbocycles. The molecule has 3 heterocycles. The number of hydrogen-bond donors (Lipinski definition) is 1. The summed E-state index contributed by atoms with van der Waals surface area (Å²) >= 11 is 0. The molecule has 0 radical (unpaired) electrons. The van der Waals surface area contributed by atoms with Gasteiger partial charge in [-0.2, -0.15) is 4.68 Å². The number of H-pyrrole nitrogens is 1. The highest BCUT2D eigenvalue weighted by Gasteiger charge is 2.27. The molecule has 1 aromatic heterocycles. The van der Waals surface area contributed by atoms with E-state index in [1.54, 1.807) is 7.11 Å². The normalized spacial score (nSPS) is 24.0. The number of nitrogens with zero attached hydrogens (tertiary/aromatic N) is 3. The fourth-order valence-corrected chi connectivity index (χ4v) is 4.11. The zero-order valence-electron chi connectivity index (χ0n) is 15.9. The van der Waals surface area contributed by atoms with Crippen LogP contribution in [0.25, 0.3) is 5.69 Å². The van der Waals surface area contributed by atoms with Gasteiger partial charge >= 0.3 is 5.69 Å². The van der Waals surface area contributed by atoms with Crippen LogP contribution in [0, 0.1) is 0 Å². The maximum absolute atomic E-state index is 12.4. The third-order valence-electron chi connectivity index (χ3n) is 5.58. The molecule has 0 spiro atoms. The van der Waals surface area contributed by atoms with Gasteiger partial charge in [0, 0.05) is 25.6 Å². The highest BCUT2D eigenvalue weighted by molar-refractivity contribution is 5.36. The zero-order chi connectivity index (χ0) is 18.6. The number of nitrogens with one attached hydrogen (secondary N) is 1. The summed E-state index contributed by atoms with van der Waals surface area (Å²) in [6.45, 7) is 3.90. The van der Waals surface area contributed by atoms with Crippen LogP contribution in [0.1, 0.15) is 43.8 Å². The molecule has 0 saturated carbocycles. The van der Waals surface area contributed by atoms with Crippen molar-refractivity contribution in [1.82, 2.24) is 19.7 Å². The highest BCUT2D eigenvalue weighted by Crippen LogP contribution is 2.25. The van der Waals surface area contributed by atoms with Gasteiger partial charge in [0.2, 0.25) is 0 Å². The van der Waals surface area contributed by atoms with Gasteiger partial charge in [0.05, 0.1) is 18.9 Å². The van der Waals surface area contributed by atoms with Crippen molar-refractivity contribution >= 4 is 0 Å². The second kappa shape index (κ2) is 8.27. The van der Waals surface area contributed by atoms with E-state index in [1.165, 1.54) is 17.5 Å². The lowest BCUT2D eigenvalue weighted by molar-refractivity contribution is -0.0102. The zero-order valence-corrected chi connectivity index (χ0v) is 15.9. The van der Waals surface area contributed by atoms with Gasteiger partial charge in [0.15, 0.2) is 0 Å². The average molecular weight is 372 g/mol. The van der Waals surface area contributed by atoms with Crippen molar-refractivity contribution in [1.29, 1.82) is 0 Å². The summed E-state index contributed by atoms with van der Waals surface area (Å²) in [6.07, 6.45) is 6.13. The number of aromatic amines is 1. The minimum Gasteiger partial charge on any atom is -0.497 e. The van der Waals surface area contributed by atoms with Crippen LogP contribution < -0.4 is 10.4 Å². The second-order valence-electron chi connectivity index (χ2n) is 7.51. The van der Waals surface area contributed by atoms with Crippen molar-refractivity contribution in [3.63, 3.8) is 0 Å². The van der Waals surface area contributed by atoms with Gasteiger partial charge in [-0.25, -0.2) is 4.79 Å². The van der Waals surface area contributed by atoms with Gasteiger partial charge in [-0.05, 0) is 62.9 Å². The molecule has 2 atom stereocenters. The Hall–Kier alpha value is -2.12. The van der Waals surface area contributed by atoms with Crippen molar-refractivity contribution in [2.45, 2.75) is 44.1 Å². The lowest BCUT2D eigenvalue weighted by atomic mass is 9.96. The van der Waals surface area contributed by atoms with Crippen molar-refractivity contribution in [2.75, 3.05) is 33.4 Å². The van der Waals surface area contributed by atoms with Crippen molar-refractivity contribution in [3.8, 4) is 11.4 Å². The quantitative estimate of drug-likeness (QED) is 0.872. The molecule has 2 aromatic rings. The van der Waals surface area contributed by atoms with Gasteiger partial charge in [-0.1, -0.05) is 0 Å². The van der Waals surface area contributed by atoms with Crippen LogP contribution in [0.15, 0.2) is 29.1 Å². The Morgan fingerprint density at radius 2 is 2.07 bits per heavy atom. The first-order valence-corrected chi connectivity index (χ1v) is 9.90. The topological polar surface area (TPSA) is 72.4 Å². The molecule has 2 aliphatic heterocycles. The summed E-state index contributed by atoms with van der Waals surface area (Å²) < 4.78 is 12.5. The Morgan fingerprint density at radius 3 is 2.81 bits per heavy atom. The van der Waals surface area contributed by atoms with Gasteiger partial charge in [-0.3, -0.25) is 4.98 Å². The number of likely N-dealkylation sites (tertiary alicyclic amines) is 1. The molecule has 146 valence electrons. The standard InChI is InChI=1S/C20H28N4O3/c1-26-17-9-7-16(8-10-17)24-20(25)21-19(22-24)15-5-4-11-23(13-15)14-18-6-2-3-12-27-18/h7-10,15,18H,2-6,11-14H2,1H3,(H,21,22,25)/t15-,18?/m0/s1. The fraction of sp³-hybridized carbons (Fsp3) is 0.600. The number of rotatable bonds is 5. The van der Waals surface area contributed by atoms with E-state index < -0.39 is 0 Å². The smallest absolute Gasteiger partial charge is 0.348 e. The predicted octanol–water partition coefficient (Wildman–Crippen LogP) is 2.32. The molecule has 0 bridgehead atoms. The summed E-state index contributed by atoms with van der Waals surface area (Å²) in [5, 5.41) is 4.59. The SMILES string of the molecule is COc1ccc(-n2nc([C@H]3CCCN(CC4CCCCO4)C3)[nH]c2=O)cc1. The highest BCUT2D eigenvalue weighted by atomic mass is 16.5. The minimum atomic E-state index is -0.192. The molecule has 2 aliphatic rings. The molecular weight excluding hydrogens is 344 g/mol. The summed E-state index contributed by atoms with van der Waals surface area (Å²) in [6, 6.07) is 7.36. The van der Waals surface area contributed by atoms with Crippen LogP contribution in [0.2, 0.25) is 0 Å². The van der Waals surface area contributed by atoms with Crippen LogP contribution in [-0.2, 0) is 4.74 Å². The van der Waals surface area contributed by atoms with Gasteiger partial charge in [0.1, 0.15) is 11.6 Å². The molecule has 0 amide bonds. The lowest BCUT2D eigenvalue weighted by Gasteiger charge is -2.35. The summed E-state index contributed by atoms with van der Waals surface area (Å²) in [5.74, 6) is 1.80. The van der Waals surface area contributed by atoms with Crippen molar-refractivity contribution < 1.29 is 9.47 Å². The van der Waals surface area contributed by atoms with E-state index >= 15 is 0 Å². The first-order valence-electron chi connectivity index (χ1n) is 9.90. The van der Waals surface area contributed by atoms with E-state index in [0.717, 1.165) is 62.8 Å². The molecule has 4 rings (SSSR count). The van der Waals surface area contributed by atoms with Crippen LogP contribution >= 0.6 is 0 Å². The number of benzene rings is 1. The number of ether oxygens (including phenoxy) is 2. The van der Waals surface area contributed by atoms with E-state index in [9.17, 15) is 4.79 Å². The number of methoxy groups -OCH3 is 1. The molecule has 1 unspecified atom stereocenters. The van der Waals surface area contributed by atoms with E-state index in [1.807, 2.05) is 24.3 Å². The molecular formula is C20H28N4O3. The van der Waals surface area contributed by atoms with E-state index in [2.05, 4.69) is 15.0 Å². The van der Waals surface area contributed by atoms with Crippen LogP contribution in [0.5, 0.6) is 5.75 Å². The Morgan fingerprint density at radius 1 is 1.22 bits per heavy atom. The molecule has 2 saturated heterocycles. The van der Waals surface area contributed by atoms with Crippen molar-refractivity contribution in [3.05, 3.63) is 40.6 Å². The van der Waals surface area contributed by atoms with Gasteiger partial charge in [-0.15, -0.1) is 5.10 Å². The van der Waals surface area contributed by atoms with Gasteiger partial charge in [0.25, 0.3) is 0 Å². The van der Waals surface area contributed by atoms with Crippen LogP contribution in [-0.4, -0.2) is 59.1 Å². The summed E-state index contributed by atoms with van der Waals surface area (Å²) in [5.41, 5.74) is 0.550. The molecule has 7 nitrogen and oxygen atoms in total. The maximum Gasteiger partial charge on any atom is 0.348 e. The molecule has 27 heavy (non-hydrogen) atoms. The predicted molar refractivity (Wildman–Crippen MR) is 103 cm³/mol. The van der Waals surface area contributed by atoms with Crippen molar-refractivity contribution in [2.24, 2.45) is 0 Å². The first-order chi connectivity index (χ1) is 13.2. The Labute approximate surface area is 159 Å². The monoisotopic (exact) mass is 372 g/mol. The summed E-state index contributed by atoms with van der Waals surface area (Å²) in [4.78, 5) is 17.9. The summed E-state index contributed by atoms with van der Waals surface area (Å²) in [7, 11) is 1.63. The van der Waals surface area contributed by atoms with E-state index in [0.29, 0.717) is 6.10 Å². The Balaban J connectivity index is 1.45. The Bertz CT molecular complexity index is 792. The second-order valence-corrected chi connectivity index (χ2v) is 7.51. The van der Waals surface area contributed by atoms with Crippen LogP contribution in [0.4, 0.5) is 0 Å². The third-order valence-corrected chi connectivity index (χ3v) is 5.58. The number of aromatic nitrogens is 3. The molecule has 2 fully saturated rings. The minimum absolute atomic E-state index is 0.192.